The van der Waals surface area contributed by atoms with E-state index in [-0.39, 0.29) is 17.8 Å². The van der Waals surface area contributed by atoms with E-state index in [2.05, 4.69) is 15.5 Å². The lowest BCUT2D eigenvalue weighted by Crippen LogP contribution is -2.33. The predicted molar refractivity (Wildman–Crippen MR) is 102 cm³/mol. The summed E-state index contributed by atoms with van der Waals surface area (Å²) in [7, 11) is 0. The Labute approximate surface area is 162 Å². The van der Waals surface area contributed by atoms with Crippen molar-refractivity contribution in [2.75, 3.05) is 6.54 Å². The average molecular weight is 383 g/mol. The Morgan fingerprint density at radius 1 is 1.29 bits per heavy atom. The molecule has 0 spiro atoms. The first-order valence-corrected chi connectivity index (χ1v) is 9.51. The van der Waals surface area contributed by atoms with Crippen molar-refractivity contribution in [1.82, 2.24) is 15.5 Å². The van der Waals surface area contributed by atoms with Gasteiger partial charge in [-0.1, -0.05) is 11.2 Å². The second-order valence-corrected chi connectivity index (χ2v) is 7.24. The molecule has 3 aromatic rings. The number of amides is 1. The van der Waals surface area contributed by atoms with Crippen LogP contribution in [0.25, 0.3) is 10.9 Å². The van der Waals surface area contributed by atoms with E-state index in [1.807, 2.05) is 6.07 Å². The van der Waals surface area contributed by atoms with Crippen LogP contribution in [0.1, 0.15) is 41.9 Å². The lowest BCUT2D eigenvalue weighted by Gasteiger charge is -2.29. The lowest BCUT2D eigenvalue weighted by atomic mass is 9.87. The summed E-state index contributed by atoms with van der Waals surface area (Å²) in [6.07, 6.45) is 5.36. The third-order valence-electron chi connectivity index (χ3n) is 5.18. The maximum Gasteiger partial charge on any atom is 0.273 e. The maximum absolute atomic E-state index is 13.9. The molecule has 1 aromatic carbocycles. The molecule has 0 saturated heterocycles. The minimum Gasteiger partial charge on any atom is -0.490 e. The van der Waals surface area contributed by atoms with Gasteiger partial charge < -0.3 is 14.6 Å². The number of hydrogen-bond donors (Lipinski definition) is 1. The number of nitrogens with zero attached hydrogens (tertiary/aromatic N) is 2. The van der Waals surface area contributed by atoms with Crippen LogP contribution in [0.4, 0.5) is 4.39 Å². The Hall–Kier alpha value is -2.96. The van der Waals surface area contributed by atoms with Crippen LogP contribution in [0.5, 0.6) is 5.75 Å². The van der Waals surface area contributed by atoms with Gasteiger partial charge in [-0.25, -0.2) is 4.39 Å². The molecular formula is C21H22FN3O3. The number of carbonyl (C=O) groups is 1. The fraction of sp³-hybridized carbons (Fsp3) is 0.381. The van der Waals surface area contributed by atoms with Crippen molar-refractivity contribution in [1.29, 1.82) is 0 Å². The van der Waals surface area contributed by atoms with Crippen LogP contribution in [-0.2, 0) is 0 Å². The van der Waals surface area contributed by atoms with Gasteiger partial charge in [0.05, 0.1) is 6.10 Å². The molecule has 2 heterocycles. The number of benzene rings is 1. The number of carbonyl (C=O) groups excluding carboxylic acids is 1. The number of fused-ring (bicyclic) bond motifs is 1. The van der Waals surface area contributed by atoms with Gasteiger partial charge >= 0.3 is 0 Å². The van der Waals surface area contributed by atoms with Gasteiger partial charge in [-0.3, -0.25) is 9.78 Å². The number of para-hydroxylation sites is 1. The highest BCUT2D eigenvalue weighted by atomic mass is 19.1. The molecule has 0 unspecified atom stereocenters. The lowest BCUT2D eigenvalue weighted by molar-refractivity contribution is 0.0920. The number of aromatic nitrogens is 2. The smallest absolute Gasteiger partial charge is 0.273 e. The molecule has 6 nitrogen and oxygen atoms in total. The minimum atomic E-state index is -0.343. The second kappa shape index (κ2) is 7.96. The normalized spacial score (nSPS) is 19.5. The molecule has 2 aromatic heterocycles. The van der Waals surface area contributed by atoms with E-state index >= 15 is 0 Å². The van der Waals surface area contributed by atoms with Crippen molar-refractivity contribution in [3.63, 3.8) is 0 Å². The highest BCUT2D eigenvalue weighted by Crippen LogP contribution is 2.31. The summed E-state index contributed by atoms with van der Waals surface area (Å²) >= 11 is 0. The van der Waals surface area contributed by atoms with Crippen molar-refractivity contribution in [3.8, 4) is 5.75 Å². The van der Waals surface area contributed by atoms with Crippen molar-refractivity contribution in [2.45, 2.75) is 38.7 Å². The molecule has 0 bridgehead atoms. The molecular weight excluding hydrogens is 361 g/mol. The molecule has 0 aliphatic heterocycles. The fourth-order valence-corrected chi connectivity index (χ4v) is 3.65. The van der Waals surface area contributed by atoms with E-state index in [1.54, 1.807) is 31.3 Å². The molecule has 1 saturated carbocycles. The zero-order chi connectivity index (χ0) is 19.5. The Balaban J connectivity index is 1.30. The van der Waals surface area contributed by atoms with E-state index in [9.17, 15) is 9.18 Å². The van der Waals surface area contributed by atoms with Crippen LogP contribution in [0.3, 0.4) is 0 Å². The summed E-state index contributed by atoms with van der Waals surface area (Å²) in [4.78, 5) is 16.2. The number of aryl methyl sites for hydroxylation is 1. The zero-order valence-corrected chi connectivity index (χ0v) is 15.7. The second-order valence-electron chi connectivity index (χ2n) is 7.24. The van der Waals surface area contributed by atoms with Crippen LogP contribution in [0.2, 0.25) is 0 Å². The number of hydrogen-bond acceptors (Lipinski definition) is 5. The summed E-state index contributed by atoms with van der Waals surface area (Å²) < 4.78 is 25.0. The fourth-order valence-electron chi connectivity index (χ4n) is 3.65. The predicted octanol–water partition coefficient (Wildman–Crippen LogP) is 4.04. The SMILES string of the molecule is Cc1cc(C(=O)NCC2CCC(Oc3ccnc4c(F)cccc34)CC2)no1. The number of ether oxygens (including phenoxy) is 1. The molecule has 4 rings (SSSR count). The van der Waals surface area contributed by atoms with Gasteiger partial charge in [-0.05, 0) is 56.7 Å². The Kier molecular flexibility index (Phi) is 5.23. The van der Waals surface area contributed by atoms with Gasteiger partial charge in [0.15, 0.2) is 5.69 Å². The van der Waals surface area contributed by atoms with Gasteiger partial charge in [0.1, 0.15) is 22.8 Å². The van der Waals surface area contributed by atoms with Gasteiger partial charge in [0.25, 0.3) is 5.91 Å². The summed E-state index contributed by atoms with van der Waals surface area (Å²) in [5, 5.41) is 7.35. The van der Waals surface area contributed by atoms with E-state index < -0.39 is 0 Å². The summed E-state index contributed by atoms with van der Waals surface area (Å²) in [5.74, 6) is 1.14. The van der Waals surface area contributed by atoms with E-state index in [0.29, 0.717) is 40.6 Å². The molecule has 1 aliphatic rings. The maximum atomic E-state index is 13.9. The number of pyridine rings is 1. The third-order valence-corrected chi connectivity index (χ3v) is 5.18. The highest BCUT2D eigenvalue weighted by Gasteiger charge is 2.24. The summed E-state index contributed by atoms with van der Waals surface area (Å²) in [6.45, 7) is 2.37. The first kappa shape index (κ1) is 18.4. The number of nitrogens with one attached hydrogen (secondary N) is 1. The van der Waals surface area contributed by atoms with E-state index in [1.165, 1.54) is 6.07 Å². The molecule has 0 atom stereocenters. The van der Waals surface area contributed by atoms with Crippen LogP contribution >= 0.6 is 0 Å². The van der Waals surface area contributed by atoms with E-state index in [4.69, 9.17) is 9.26 Å². The van der Waals surface area contributed by atoms with Crippen LogP contribution in [-0.4, -0.2) is 28.7 Å². The van der Waals surface area contributed by atoms with Gasteiger partial charge in [-0.15, -0.1) is 0 Å². The van der Waals surface area contributed by atoms with Crippen molar-refractivity contribution < 1.29 is 18.4 Å². The Morgan fingerprint density at radius 3 is 2.86 bits per heavy atom. The average Bonchev–Trinajstić information content (AvgIpc) is 3.14. The topological polar surface area (TPSA) is 77.2 Å². The number of halogens is 1. The quantitative estimate of drug-likeness (QED) is 0.720. The standard InChI is InChI=1S/C21H22FN3O3/c1-13-11-18(25-28-13)21(26)24-12-14-5-7-15(8-6-14)27-19-9-10-23-20-16(19)3-2-4-17(20)22/h2-4,9-11,14-15H,5-8,12H2,1H3,(H,24,26). The van der Waals surface area contributed by atoms with Crippen LogP contribution in [0.15, 0.2) is 41.1 Å². The molecule has 1 N–H and O–H groups in total. The van der Waals surface area contributed by atoms with Crippen LogP contribution < -0.4 is 10.1 Å². The summed E-state index contributed by atoms with van der Waals surface area (Å²) in [5.41, 5.74) is 0.644. The number of rotatable bonds is 5. The highest BCUT2D eigenvalue weighted by molar-refractivity contribution is 5.92. The first-order valence-electron chi connectivity index (χ1n) is 9.51. The Morgan fingerprint density at radius 2 is 2.11 bits per heavy atom. The van der Waals surface area contributed by atoms with Crippen molar-refractivity contribution in [3.05, 3.63) is 53.8 Å². The molecule has 1 aliphatic carbocycles. The summed E-state index contributed by atoms with van der Waals surface area (Å²) in [6, 6.07) is 8.31. The zero-order valence-electron chi connectivity index (χ0n) is 15.7. The Bertz CT molecular complexity index is 980. The molecule has 7 heteroatoms. The monoisotopic (exact) mass is 383 g/mol. The molecule has 0 radical (unpaired) electrons. The molecule has 1 amide bonds. The van der Waals surface area contributed by atoms with Gasteiger partial charge in [0, 0.05) is 24.2 Å². The van der Waals surface area contributed by atoms with Crippen molar-refractivity contribution >= 4 is 16.8 Å². The van der Waals surface area contributed by atoms with Gasteiger partial charge in [0.2, 0.25) is 0 Å². The van der Waals surface area contributed by atoms with E-state index in [0.717, 1.165) is 25.7 Å². The first-order chi connectivity index (χ1) is 13.6. The minimum absolute atomic E-state index is 0.0824. The molecule has 1 fully saturated rings. The van der Waals surface area contributed by atoms with Crippen LogP contribution in [0, 0.1) is 18.7 Å². The molecule has 146 valence electrons. The van der Waals surface area contributed by atoms with Crippen molar-refractivity contribution in [2.24, 2.45) is 5.92 Å². The molecule has 28 heavy (non-hydrogen) atoms. The van der Waals surface area contributed by atoms with Gasteiger partial charge in [-0.2, -0.15) is 0 Å². The largest absolute Gasteiger partial charge is 0.490 e. The third kappa shape index (κ3) is 3.98.